The van der Waals surface area contributed by atoms with Crippen LogP contribution >= 0.6 is 11.6 Å². The van der Waals surface area contributed by atoms with E-state index in [-0.39, 0.29) is 5.82 Å². The lowest BCUT2D eigenvalue weighted by molar-refractivity contribution is 0.265. The first-order chi connectivity index (χ1) is 13.5. The third kappa shape index (κ3) is 3.97. The largest absolute Gasteiger partial charge is 0.305 e. The summed E-state index contributed by atoms with van der Waals surface area (Å²) in [6.45, 7) is 2.91. The standard InChI is InChI=1S/C22H24ClFN4/c1-26(2)19-11-12-27(15-19)13-16-14-28(18-9-7-17(24)8-10-18)25-22(16)20-5-3-4-6-21(20)23/h3-10,14,19H,11-13,15H2,1-2H3/t19-/m0/s1. The first-order valence-corrected chi connectivity index (χ1v) is 9.87. The van der Waals surface area contributed by atoms with Gasteiger partial charge in [0.25, 0.3) is 0 Å². The second-order valence-electron chi connectivity index (χ2n) is 7.55. The average molecular weight is 399 g/mol. The van der Waals surface area contributed by atoms with E-state index in [4.69, 9.17) is 16.7 Å². The van der Waals surface area contributed by atoms with E-state index in [2.05, 4.69) is 23.9 Å². The van der Waals surface area contributed by atoms with Gasteiger partial charge in [-0.2, -0.15) is 5.10 Å². The van der Waals surface area contributed by atoms with E-state index in [1.165, 1.54) is 18.6 Å². The molecule has 28 heavy (non-hydrogen) atoms. The Morgan fingerprint density at radius 2 is 1.89 bits per heavy atom. The summed E-state index contributed by atoms with van der Waals surface area (Å²) in [7, 11) is 4.27. The lowest BCUT2D eigenvalue weighted by atomic mass is 10.1. The van der Waals surface area contributed by atoms with Crippen molar-refractivity contribution in [1.29, 1.82) is 0 Å². The Labute approximate surface area is 170 Å². The molecule has 1 aromatic heterocycles. The Balaban J connectivity index is 1.69. The number of benzene rings is 2. The molecule has 0 N–H and O–H groups in total. The molecule has 1 saturated heterocycles. The quantitative estimate of drug-likeness (QED) is 0.633. The van der Waals surface area contributed by atoms with Crippen molar-refractivity contribution in [2.75, 3.05) is 27.2 Å². The highest BCUT2D eigenvalue weighted by atomic mass is 35.5. The van der Waals surface area contributed by atoms with Gasteiger partial charge in [0.05, 0.1) is 16.4 Å². The summed E-state index contributed by atoms with van der Waals surface area (Å²) in [6, 6.07) is 14.7. The fourth-order valence-electron chi connectivity index (χ4n) is 3.75. The number of halogens is 2. The van der Waals surface area contributed by atoms with Gasteiger partial charge in [-0.15, -0.1) is 0 Å². The lowest BCUT2D eigenvalue weighted by Gasteiger charge is -2.20. The van der Waals surface area contributed by atoms with Gasteiger partial charge in [0.2, 0.25) is 0 Å². The van der Waals surface area contributed by atoms with Gasteiger partial charge in [0, 0.05) is 43.0 Å². The van der Waals surface area contributed by atoms with Crippen LogP contribution in [0, 0.1) is 5.82 Å². The topological polar surface area (TPSA) is 24.3 Å². The van der Waals surface area contributed by atoms with E-state index >= 15 is 0 Å². The molecule has 0 radical (unpaired) electrons. The van der Waals surface area contributed by atoms with Crippen LogP contribution in [0.5, 0.6) is 0 Å². The van der Waals surface area contributed by atoms with Crippen LogP contribution in [0.1, 0.15) is 12.0 Å². The molecule has 0 amide bonds. The smallest absolute Gasteiger partial charge is 0.123 e. The van der Waals surface area contributed by atoms with Gasteiger partial charge in [-0.1, -0.05) is 29.8 Å². The molecule has 6 heteroatoms. The molecule has 1 aliphatic heterocycles. The van der Waals surface area contributed by atoms with Crippen LogP contribution in [-0.2, 0) is 6.54 Å². The van der Waals surface area contributed by atoms with Crippen molar-refractivity contribution in [3.8, 4) is 16.9 Å². The van der Waals surface area contributed by atoms with Crippen LogP contribution in [0.25, 0.3) is 16.9 Å². The number of hydrogen-bond donors (Lipinski definition) is 0. The number of rotatable bonds is 5. The third-order valence-corrected chi connectivity index (χ3v) is 5.71. The zero-order valence-corrected chi connectivity index (χ0v) is 16.9. The van der Waals surface area contributed by atoms with Crippen molar-refractivity contribution >= 4 is 11.6 Å². The summed E-state index contributed by atoms with van der Waals surface area (Å²) in [5, 5.41) is 5.49. The van der Waals surface area contributed by atoms with Gasteiger partial charge in [-0.25, -0.2) is 9.07 Å². The van der Waals surface area contributed by atoms with E-state index in [1.807, 2.05) is 35.1 Å². The zero-order chi connectivity index (χ0) is 19.7. The van der Waals surface area contributed by atoms with E-state index in [0.717, 1.165) is 42.1 Å². The maximum atomic E-state index is 13.3. The fraction of sp³-hybridized carbons (Fsp3) is 0.318. The van der Waals surface area contributed by atoms with Crippen LogP contribution in [0.2, 0.25) is 5.02 Å². The zero-order valence-electron chi connectivity index (χ0n) is 16.1. The van der Waals surface area contributed by atoms with E-state index < -0.39 is 0 Å². The number of aromatic nitrogens is 2. The lowest BCUT2D eigenvalue weighted by Crippen LogP contribution is -2.31. The Hall–Kier alpha value is -2.21. The summed E-state index contributed by atoms with van der Waals surface area (Å²) >= 11 is 6.47. The van der Waals surface area contributed by atoms with Gasteiger partial charge < -0.3 is 4.90 Å². The molecule has 1 aliphatic rings. The normalized spacial score (nSPS) is 17.5. The molecule has 1 fully saturated rings. The Bertz CT molecular complexity index is 951. The molecule has 3 aromatic rings. The highest BCUT2D eigenvalue weighted by Crippen LogP contribution is 2.31. The minimum atomic E-state index is -0.255. The van der Waals surface area contributed by atoms with Crippen LogP contribution in [-0.4, -0.2) is 52.8 Å². The van der Waals surface area contributed by atoms with E-state index in [1.54, 1.807) is 12.1 Å². The van der Waals surface area contributed by atoms with Crippen LogP contribution < -0.4 is 0 Å². The summed E-state index contributed by atoms with van der Waals surface area (Å²) in [5.41, 5.74) is 3.75. The van der Waals surface area contributed by atoms with Crippen LogP contribution in [0.4, 0.5) is 4.39 Å². The third-order valence-electron chi connectivity index (χ3n) is 5.38. The minimum Gasteiger partial charge on any atom is -0.305 e. The molecular formula is C22H24ClFN4. The van der Waals surface area contributed by atoms with Gasteiger partial charge in [-0.3, -0.25) is 4.90 Å². The van der Waals surface area contributed by atoms with Gasteiger partial charge in [-0.05, 0) is 50.8 Å². The number of nitrogens with zero attached hydrogens (tertiary/aromatic N) is 4. The maximum Gasteiger partial charge on any atom is 0.123 e. The van der Waals surface area contributed by atoms with Crippen molar-refractivity contribution < 1.29 is 4.39 Å². The monoisotopic (exact) mass is 398 g/mol. The molecule has 146 valence electrons. The van der Waals surface area contributed by atoms with Gasteiger partial charge in [0.1, 0.15) is 5.82 Å². The minimum absolute atomic E-state index is 0.255. The molecule has 0 bridgehead atoms. The van der Waals surface area contributed by atoms with Crippen molar-refractivity contribution in [1.82, 2.24) is 19.6 Å². The first kappa shape index (κ1) is 19.1. The van der Waals surface area contributed by atoms with Crippen LogP contribution in [0.3, 0.4) is 0 Å². The van der Waals surface area contributed by atoms with Crippen LogP contribution in [0.15, 0.2) is 54.7 Å². The van der Waals surface area contributed by atoms with E-state index in [0.29, 0.717) is 11.1 Å². The molecule has 1 atom stereocenters. The highest BCUT2D eigenvalue weighted by molar-refractivity contribution is 6.33. The average Bonchev–Trinajstić information content (AvgIpc) is 3.31. The summed E-state index contributed by atoms with van der Waals surface area (Å²) in [4.78, 5) is 4.74. The summed E-state index contributed by atoms with van der Waals surface area (Å²) in [5.74, 6) is -0.255. The summed E-state index contributed by atoms with van der Waals surface area (Å²) < 4.78 is 15.1. The van der Waals surface area contributed by atoms with Gasteiger partial charge in [0.15, 0.2) is 0 Å². The molecule has 0 saturated carbocycles. The molecular weight excluding hydrogens is 375 g/mol. The highest BCUT2D eigenvalue weighted by Gasteiger charge is 2.25. The molecule has 2 aromatic carbocycles. The number of likely N-dealkylation sites (N-methyl/N-ethyl adjacent to an activating group) is 1. The van der Waals surface area contributed by atoms with Crippen molar-refractivity contribution in [2.45, 2.75) is 19.0 Å². The van der Waals surface area contributed by atoms with Gasteiger partial charge >= 0.3 is 0 Å². The van der Waals surface area contributed by atoms with E-state index in [9.17, 15) is 4.39 Å². The molecule has 2 heterocycles. The Morgan fingerprint density at radius 3 is 2.57 bits per heavy atom. The predicted octanol–water partition coefficient (Wildman–Crippen LogP) is 4.47. The Kier molecular flexibility index (Phi) is 5.49. The summed E-state index contributed by atoms with van der Waals surface area (Å²) in [6.07, 6.45) is 3.20. The molecule has 0 spiro atoms. The van der Waals surface area contributed by atoms with Crippen molar-refractivity contribution in [3.05, 3.63) is 71.1 Å². The second kappa shape index (κ2) is 8.03. The molecule has 0 unspecified atom stereocenters. The fourth-order valence-corrected chi connectivity index (χ4v) is 3.97. The molecule has 0 aliphatic carbocycles. The SMILES string of the molecule is CN(C)[C@H]1CCN(Cc2cn(-c3ccc(F)cc3)nc2-c2ccccc2Cl)C1. The number of likely N-dealkylation sites (tertiary alicyclic amines) is 1. The number of hydrogen-bond acceptors (Lipinski definition) is 3. The van der Waals surface area contributed by atoms with Crippen molar-refractivity contribution in [2.24, 2.45) is 0 Å². The van der Waals surface area contributed by atoms with Crippen molar-refractivity contribution in [3.63, 3.8) is 0 Å². The maximum absolute atomic E-state index is 13.3. The second-order valence-corrected chi connectivity index (χ2v) is 7.95. The molecule has 4 nitrogen and oxygen atoms in total. The first-order valence-electron chi connectivity index (χ1n) is 9.49. The predicted molar refractivity (Wildman–Crippen MR) is 111 cm³/mol. The molecule has 4 rings (SSSR count). The Morgan fingerprint density at radius 1 is 1.14 bits per heavy atom.